The van der Waals surface area contributed by atoms with E-state index in [1.807, 2.05) is 4.90 Å². The summed E-state index contributed by atoms with van der Waals surface area (Å²) in [5, 5.41) is 0. The fraction of sp³-hybridized carbons (Fsp3) is 0.500. The summed E-state index contributed by atoms with van der Waals surface area (Å²) in [6.45, 7) is 5.09. The van der Waals surface area contributed by atoms with Crippen LogP contribution in [-0.2, 0) is 9.59 Å². The minimum atomic E-state index is -0.710. The first-order chi connectivity index (χ1) is 13.0. The van der Waals surface area contributed by atoms with Gasteiger partial charge in [-0.15, -0.1) is 0 Å². The Morgan fingerprint density at radius 3 is 2.56 bits per heavy atom. The second kappa shape index (κ2) is 9.08. The Bertz CT molecular complexity index is 717. The van der Waals surface area contributed by atoms with Gasteiger partial charge in [-0.3, -0.25) is 9.59 Å². The van der Waals surface area contributed by atoms with Crippen LogP contribution in [0.25, 0.3) is 6.08 Å². The molecule has 5 nitrogen and oxygen atoms in total. The van der Waals surface area contributed by atoms with Gasteiger partial charge in [0.25, 0.3) is 0 Å². The third-order valence-corrected chi connectivity index (χ3v) is 5.15. The van der Waals surface area contributed by atoms with Crippen LogP contribution in [0, 0.1) is 11.6 Å². The molecule has 0 aliphatic carbocycles. The van der Waals surface area contributed by atoms with Gasteiger partial charge in [0.1, 0.15) is 11.6 Å². The van der Waals surface area contributed by atoms with E-state index in [0.717, 1.165) is 31.8 Å². The van der Waals surface area contributed by atoms with Crippen molar-refractivity contribution in [2.75, 3.05) is 45.8 Å². The van der Waals surface area contributed by atoms with Gasteiger partial charge in [0.05, 0.1) is 0 Å². The van der Waals surface area contributed by atoms with Crippen LogP contribution in [0.1, 0.15) is 24.8 Å². The van der Waals surface area contributed by atoms with Gasteiger partial charge >= 0.3 is 0 Å². The van der Waals surface area contributed by atoms with E-state index in [1.54, 1.807) is 4.90 Å². The number of hydrogen-bond donors (Lipinski definition) is 0. The zero-order valence-corrected chi connectivity index (χ0v) is 15.4. The Kier molecular flexibility index (Phi) is 6.55. The Hall–Kier alpha value is -2.28. The Morgan fingerprint density at radius 1 is 1.04 bits per heavy atom. The molecule has 0 aromatic heterocycles. The summed E-state index contributed by atoms with van der Waals surface area (Å²) >= 11 is 0. The highest BCUT2D eigenvalue weighted by molar-refractivity contribution is 5.92. The topological polar surface area (TPSA) is 43.9 Å². The maximum Gasteiger partial charge on any atom is 0.246 e. The van der Waals surface area contributed by atoms with Crippen molar-refractivity contribution < 1.29 is 18.4 Å². The molecular formula is C20H25F2N3O2. The summed E-state index contributed by atoms with van der Waals surface area (Å²) in [5.74, 6) is -1.57. The molecule has 2 aliphatic rings. The molecule has 0 unspecified atom stereocenters. The first-order valence-corrected chi connectivity index (χ1v) is 9.45. The van der Waals surface area contributed by atoms with E-state index < -0.39 is 11.6 Å². The van der Waals surface area contributed by atoms with Gasteiger partial charge in [0.2, 0.25) is 11.8 Å². The smallest absolute Gasteiger partial charge is 0.246 e. The maximum atomic E-state index is 13.7. The van der Waals surface area contributed by atoms with Gasteiger partial charge in [-0.25, -0.2) is 8.78 Å². The zero-order valence-electron chi connectivity index (χ0n) is 15.4. The van der Waals surface area contributed by atoms with Crippen LogP contribution >= 0.6 is 0 Å². The van der Waals surface area contributed by atoms with Gasteiger partial charge in [0.15, 0.2) is 0 Å². The molecule has 0 radical (unpaired) electrons. The molecule has 3 rings (SSSR count). The average molecular weight is 377 g/mol. The normalized spacial score (nSPS) is 19.1. The van der Waals surface area contributed by atoms with Crippen LogP contribution in [0.2, 0.25) is 0 Å². The van der Waals surface area contributed by atoms with E-state index in [0.29, 0.717) is 32.6 Å². The van der Waals surface area contributed by atoms with Crippen molar-refractivity contribution in [1.82, 2.24) is 14.7 Å². The zero-order chi connectivity index (χ0) is 19.2. The lowest BCUT2D eigenvalue weighted by atomic mass is 10.2. The molecule has 2 heterocycles. The van der Waals surface area contributed by atoms with Crippen molar-refractivity contribution in [3.63, 3.8) is 0 Å². The molecule has 0 N–H and O–H groups in total. The molecule has 2 fully saturated rings. The standard InChI is InChI=1S/C20H25F2N3O2/c21-17-5-3-16(18(22)15-17)4-6-19(26)24-10-7-20(27)25(14-13-24)12-11-23-8-1-2-9-23/h3-6,15H,1-2,7-14H2. The number of nitrogens with zero attached hydrogens (tertiary/aromatic N) is 3. The number of likely N-dealkylation sites (tertiary alicyclic amines) is 1. The molecule has 0 spiro atoms. The van der Waals surface area contributed by atoms with E-state index in [1.165, 1.54) is 31.1 Å². The van der Waals surface area contributed by atoms with Crippen LogP contribution in [0.5, 0.6) is 0 Å². The summed E-state index contributed by atoms with van der Waals surface area (Å²) in [5.41, 5.74) is 0.155. The van der Waals surface area contributed by atoms with Gasteiger partial charge in [0, 0.05) is 56.9 Å². The number of rotatable bonds is 5. The molecule has 7 heteroatoms. The minimum Gasteiger partial charge on any atom is -0.340 e. The summed E-state index contributed by atoms with van der Waals surface area (Å²) in [7, 11) is 0. The Balaban J connectivity index is 1.53. The minimum absolute atomic E-state index is 0.0676. The first-order valence-electron chi connectivity index (χ1n) is 9.45. The lowest BCUT2D eigenvalue weighted by Crippen LogP contribution is -2.39. The summed E-state index contributed by atoms with van der Waals surface area (Å²) in [6.07, 6.45) is 5.36. The van der Waals surface area contributed by atoms with E-state index >= 15 is 0 Å². The fourth-order valence-corrected chi connectivity index (χ4v) is 3.50. The highest BCUT2D eigenvalue weighted by Crippen LogP contribution is 2.13. The number of halogens is 2. The lowest BCUT2D eigenvalue weighted by Gasteiger charge is -2.24. The van der Waals surface area contributed by atoms with Crippen molar-refractivity contribution in [2.24, 2.45) is 0 Å². The monoisotopic (exact) mass is 377 g/mol. The van der Waals surface area contributed by atoms with E-state index in [2.05, 4.69) is 4.90 Å². The van der Waals surface area contributed by atoms with Gasteiger partial charge in [-0.05, 0) is 44.1 Å². The largest absolute Gasteiger partial charge is 0.340 e. The van der Waals surface area contributed by atoms with Crippen molar-refractivity contribution in [3.8, 4) is 0 Å². The van der Waals surface area contributed by atoms with Crippen molar-refractivity contribution in [1.29, 1.82) is 0 Å². The van der Waals surface area contributed by atoms with E-state index in [-0.39, 0.29) is 17.4 Å². The molecule has 0 atom stereocenters. The fourth-order valence-electron chi connectivity index (χ4n) is 3.50. The van der Waals surface area contributed by atoms with Gasteiger partial charge in [-0.1, -0.05) is 0 Å². The third-order valence-electron chi connectivity index (χ3n) is 5.15. The number of amides is 2. The number of benzene rings is 1. The molecule has 0 bridgehead atoms. The van der Waals surface area contributed by atoms with E-state index in [4.69, 9.17) is 0 Å². The second-order valence-corrected chi connectivity index (χ2v) is 7.00. The summed E-state index contributed by atoms with van der Waals surface area (Å²) in [4.78, 5) is 30.5. The highest BCUT2D eigenvalue weighted by atomic mass is 19.1. The van der Waals surface area contributed by atoms with Crippen LogP contribution in [0.4, 0.5) is 8.78 Å². The van der Waals surface area contributed by atoms with Crippen LogP contribution in [0.15, 0.2) is 24.3 Å². The third kappa shape index (κ3) is 5.35. The molecule has 27 heavy (non-hydrogen) atoms. The quantitative estimate of drug-likeness (QED) is 0.739. The molecule has 2 amide bonds. The molecular weight excluding hydrogens is 352 g/mol. The first kappa shape index (κ1) is 19.5. The molecule has 1 aromatic carbocycles. The molecule has 0 saturated carbocycles. The second-order valence-electron chi connectivity index (χ2n) is 7.00. The lowest BCUT2D eigenvalue weighted by molar-refractivity contribution is -0.130. The van der Waals surface area contributed by atoms with Crippen LogP contribution in [0.3, 0.4) is 0 Å². The summed E-state index contributed by atoms with van der Waals surface area (Å²) < 4.78 is 26.6. The van der Waals surface area contributed by atoms with Crippen molar-refractivity contribution in [2.45, 2.75) is 19.3 Å². The summed E-state index contributed by atoms with van der Waals surface area (Å²) in [6, 6.07) is 3.23. The van der Waals surface area contributed by atoms with Crippen molar-refractivity contribution >= 4 is 17.9 Å². The SMILES string of the molecule is O=C(C=Cc1ccc(F)cc1F)N1CCC(=O)N(CCN2CCCC2)CC1. The average Bonchev–Trinajstić information content (AvgIpc) is 3.09. The number of carbonyl (C=O) groups excluding carboxylic acids is 2. The maximum absolute atomic E-state index is 13.7. The van der Waals surface area contributed by atoms with Crippen molar-refractivity contribution in [3.05, 3.63) is 41.5 Å². The van der Waals surface area contributed by atoms with Gasteiger partial charge < -0.3 is 14.7 Å². The Morgan fingerprint density at radius 2 is 1.81 bits per heavy atom. The van der Waals surface area contributed by atoms with Crippen LogP contribution in [-0.4, -0.2) is 72.3 Å². The number of hydrogen-bond acceptors (Lipinski definition) is 3. The molecule has 2 aliphatic heterocycles. The molecule has 1 aromatic rings. The van der Waals surface area contributed by atoms with Crippen LogP contribution < -0.4 is 0 Å². The molecule has 146 valence electrons. The van der Waals surface area contributed by atoms with Gasteiger partial charge in [-0.2, -0.15) is 0 Å². The number of carbonyl (C=O) groups is 2. The Labute approximate surface area is 158 Å². The predicted octanol–water partition coefficient (Wildman–Crippen LogP) is 2.13. The molecule has 2 saturated heterocycles. The highest BCUT2D eigenvalue weighted by Gasteiger charge is 2.23. The predicted molar refractivity (Wildman–Crippen MR) is 98.8 cm³/mol. The van der Waals surface area contributed by atoms with E-state index in [9.17, 15) is 18.4 Å².